The van der Waals surface area contributed by atoms with Crippen LogP contribution in [-0.4, -0.2) is 32.3 Å². The zero-order valence-electron chi connectivity index (χ0n) is 10.4. The number of quaternary nitrogens is 1. The van der Waals surface area contributed by atoms with E-state index >= 15 is 0 Å². The Kier molecular flexibility index (Phi) is 5.31. The largest absolute Gasteiger partial charge is 0.357 e. The smallest absolute Gasteiger partial charge is 0.171 e. The van der Waals surface area contributed by atoms with Crippen LogP contribution in [-0.2, 0) is 0 Å². The van der Waals surface area contributed by atoms with Gasteiger partial charge in [0.2, 0.25) is 0 Å². The third-order valence-corrected chi connectivity index (χ3v) is 2.53. The average molecular weight is 256 g/mol. The van der Waals surface area contributed by atoms with E-state index in [1.165, 1.54) is 11.0 Å². The number of aryl methyl sites for hydroxylation is 1. The van der Waals surface area contributed by atoms with E-state index in [4.69, 9.17) is 12.2 Å². The molecule has 0 radical (unpaired) electrons. The number of benzene rings is 1. The van der Waals surface area contributed by atoms with Gasteiger partial charge in [0.05, 0.1) is 32.9 Å². The van der Waals surface area contributed by atoms with Crippen LogP contribution < -0.4 is 15.5 Å². The normalized spacial score (nSPS) is 10.4. The Morgan fingerprint density at radius 3 is 2.76 bits per heavy atom. The first-order chi connectivity index (χ1) is 7.99. The zero-order chi connectivity index (χ0) is 12.8. The maximum atomic E-state index is 13.4. The van der Waals surface area contributed by atoms with E-state index in [0.717, 1.165) is 18.7 Å². The second kappa shape index (κ2) is 6.51. The third kappa shape index (κ3) is 5.10. The molecule has 0 heterocycles. The summed E-state index contributed by atoms with van der Waals surface area (Å²) in [6, 6.07) is 4.90. The summed E-state index contributed by atoms with van der Waals surface area (Å²) in [6.45, 7) is 3.64. The Bertz CT molecular complexity index is 393. The van der Waals surface area contributed by atoms with Crippen molar-refractivity contribution in [2.45, 2.75) is 6.92 Å². The van der Waals surface area contributed by atoms with E-state index in [-0.39, 0.29) is 5.82 Å². The minimum Gasteiger partial charge on any atom is -0.357 e. The highest BCUT2D eigenvalue weighted by molar-refractivity contribution is 7.80. The lowest BCUT2D eigenvalue weighted by atomic mass is 10.2. The average Bonchev–Trinajstić information content (AvgIpc) is 2.23. The molecule has 0 unspecified atom stereocenters. The maximum absolute atomic E-state index is 13.4. The first-order valence-electron chi connectivity index (χ1n) is 5.59. The van der Waals surface area contributed by atoms with Gasteiger partial charge in [0.25, 0.3) is 0 Å². The topological polar surface area (TPSA) is 28.5 Å². The molecule has 3 N–H and O–H groups in total. The van der Waals surface area contributed by atoms with Crippen molar-refractivity contribution in [3.63, 3.8) is 0 Å². The molecule has 17 heavy (non-hydrogen) atoms. The summed E-state index contributed by atoms with van der Waals surface area (Å²) in [4.78, 5) is 1.34. The van der Waals surface area contributed by atoms with Crippen LogP contribution in [0.3, 0.4) is 0 Å². The van der Waals surface area contributed by atoms with Crippen molar-refractivity contribution in [2.24, 2.45) is 0 Å². The van der Waals surface area contributed by atoms with Gasteiger partial charge in [-0.25, -0.2) is 4.39 Å². The molecule has 0 aliphatic heterocycles. The van der Waals surface area contributed by atoms with Gasteiger partial charge in [0.15, 0.2) is 5.11 Å². The van der Waals surface area contributed by atoms with Gasteiger partial charge in [0, 0.05) is 0 Å². The van der Waals surface area contributed by atoms with Gasteiger partial charge in [-0.1, -0.05) is 6.07 Å². The van der Waals surface area contributed by atoms with Crippen LogP contribution in [0.5, 0.6) is 0 Å². The van der Waals surface area contributed by atoms with Crippen LogP contribution in [0.4, 0.5) is 10.1 Å². The highest BCUT2D eigenvalue weighted by Crippen LogP contribution is 2.15. The Labute approximate surface area is 107 Å². The molecule has 5 heteroatoms. The molecule has 0 saturated heterocycles. The number of nitrogens with one attached hydrogen (secondary N) is 3. The number of hydrogen-bond acceptors (Lipinski definition) is 1. The summed E-state index contributed by atoms with van der Waals surface area (Å²) in [6.07, 6.45) is 0. The van der Waals surface area contributed by atoms with E-state index in [1.807, 2.05) is 6.92 Å². The fourth-order valence-electron chi connectivity index (χ4n) is 1.33. The minimum absolute atomic E-state index is 0.294. The highest BCUT2D eigenvalue weighted by atomic mass is 32.1. The molecule has 0 spiro atoms. The lowest BCUT2D eigenvalue weighted by Gasteiger charge is -2.12. The van der Waals surface area contributed by atoms with Crippen LogP contribution in [0.15, 0.2) is 18.2 Å². The van der Waals surface area contributed by atoms with E-state index in [0.29, 0.717) is 10.8 Å². The molecule has 94 valence electrons. The summed E-state index contributed by atoms with van der Waals surface area (Å²) in [7, 11) is 4.14. The fourth-order valence-corrected chi connectivity index (χ4v) is 1.54. The Morgan fingerprint density at radius 2 is 2.12 bits per heavy atom. The van der Waals surface area contributed by atoms with Crippen molar-refractivity contribution in [2.75, 3.05) is 32.5 Å². The molecule has 0 aliphatic carbocycles. The molecule has 3 nitrogen and oxygen atoms in total. The number of rotatable bonds is 4. The van der Waals surface area contributed by atoms with Gasteiger partial charge in [0.1, 0.15) is 5.82 Å². The molecule has 1 rings (SSSR count). The van der Waals surface area contributed by atoms with Crippen LogP contribution in [0.1, 0.15) is 5.56 Å². The Hall–Kier alpha value is -1.20. The number of likely N-dealkylation sites (N-methyl/N-ethyl adjacent to an activating group) is 1. The van der Waals surface area contributed by atoms with Crippen molar-refractivity contribution >= 4 is 23.0 Å². The molecule has 0 saturated carbocycles. The molecule has 0 aliphatic rings. The van der Waals surface area contributed by atoms with Crippen LogP contribution >= 0.6 is 12.2 Å². The third-order valence-electron chi connectivity index (χ3n) is 2.28. The summed E-state index contributed by atoms with van der Waals surface area (Å²) in [5, 5.41) is 6.36. The van der Waals surface area contributed by atoms with Gasteiger partial charge < -0.3 is 15.5 Å². The number of thiocarbonyl (C=S) groups is 1. The van der Waals surface area contributed by atoms with Crippen LogP contribution in [0.25, 0.3) is 0 Å². The SMILES string of the molecule is Cc1ccc(F)c(NC(=S)NCC[NH+](C)C)c1. The van der Waals surface area contributed by atoms with Gasteiger partial charge in [-0.3, -0.25) is 0 Å². The van der Waals surface area contributed by atoms with E-state index < -0.39 is 0 Å². The zero-order valence-corrected chi connectivity index (χ0v) is 11.2. The quantitative estimate of drug-likeness (QED) is 0.688. The summed E-state index contributed by atoms with van der Waals surface area (Å²) < 4.78 is 13.4. The second-order valence-electron chi connectivity index (χ2n) is 4.32. The van der Waals surface area contributed by atoms with Gasteiger partial charge in [-0.15, -0.1) is 0 Å². The van der Waals surface area contributed by atoms with Crippen molar-refractivity contribution < 1.29 is 9.29 Å². The fraction of sp³-hybridized carbons (Fsp3) is 0.417. The van der Waals surface area contributed by atoms with Crippen LogP contribution in [0, 0.1) is 12.7 Å². The first-order valence-corrected chi connectivity index (χ1v) is 6.00. The van der Waals surface area contributed by atoms with E-state index in [1.54, 1.807) is 12.1 Å². The van der Waals surface area contributed by atoms with E-state index in [2.05, 4.69) is 24.7 Å². The highest BCUT2D eigenvalue weighted by Gasteiger charge is 2.04. The molecule has 1 aromatic carbocycles. The standard InChI is InChI=1S/C12H18FN3S/c1-9-4-5-10(13)11(8-9)15-12(17)14-6-7-16(2)3/h4-5,8H,6-7H2,1-3H3,(H2,14,15,17)/p+1. The first kappa shape index (κ1) is 13.9. The molecule has 1 aromatic rings. The van der Waals surface area contributed by atoms with Crippen LogP contribution in [0.2, 0.25) is 0 Å². The van der Waals surface area contributed by atoms with Crippen molar-refractivity contribution in [3.8, 4) is 0 Å². The van der Waals surface area contributed by atoms with Gasteiger partial charge in [-0.05, 0) is 36.8 Å². The van der Waals surface area contributed by atoms with E-state index in [9.17, 15) is 4.39 Å². The van der Waals surface area contributed by atoms with Crippen molar-refractivity contribution in [1.82, 2.24) is 5.32 Å². The maximum Gasteiger partial charge on any atom is 0.171 e. The minimum atomic E-state index is -0.294. The lowest BCUT2D eigenvalue weighted by molar-refractivity contribution is -0.856. The molecular formula is C12H19FN3S+. The molecule has 0 bridgehead atoms. The van der Waals surface area contributed by atoms with Crippen molar-refractivity contribution in [1.29, 1.82) is 0 Å². The predicted molar refractivity (Wildman–Crippen MR) is 73.0 cm³/mol. The second-order valence-corrected chi connectivity index (χ2v) is 4.73. The number of hydrogen-bond donors (Lipinski definition) is 3. The predicted octanol–water partition coefficient (Wildman–Crippen LogP) is 0.565. The van der Waals surface area contributed by atoms with Gasteiger partial charge in [-0.2, -0.15) is 0 Å². The summed E-state index contributed by atoms with van der Waals surface area (Å²) >= 11 is 5.09. The summed E-state index contributed by atoms with van der Waals surface area (Å²) in [5.74, 6) is -0.294. The van der Waals surface area contributed by atoms with Gasteiger partial charge >= 0.3 is 0 Å². The Morgan fingerprint density at radius 1 is 1.41 bits per heavy atom. The molecular weight excluding hydrogens is 237 g/mol. The number of halogens is 1. The molecule has 0 amide bonds. The molecule has 0 aromatic heterocycles. The molecule has 0 fully saturated rings. The monoisotopic (exact) mass is 256 g/mol. The lowest BCUT2D eigenvalue weighted by Crippen LogP contribution is -3.06. The van der Waals surface area contributed by atoms with Crippen molar-refractivity contribution in [3.05, 3.63) is 29.6 Å². The number of anilines is 1. The molecule has 0 atom stereocenters. The summed E-state index contributed by atoms with van der Waals surface area (Å²) in [5.41, 5.74) is 1.41. The Balaban J connectivity index is 2.47.